The van der Waals surface area contributed by atoms with Crippen molar-refractivity contribution in [1.82, 2.24) is 15.0 Å². The lowest BCUT2D eigenvalue weighted by atomic mass is 10.0. The minimum atomic E-state index is -0.376. The first-order chi connectivity index (χ1) is 13.6. The molecule has 0 aliphatic rings. The fourth-order valence-corrected chi connectivity index (χ4v) is 4.57. The van der Waals surface area contributed by atoms with E-state index in [-0.39, 0.29) is 16.6 Å². The van der Waals surface area contributed by atoms with E-state index in [2.05, 4.69) is 29.0 Å². The van der Waals surface area contributed by atoms with Crippen LogP contribution in [-0.4, -0.2) is 15.0 Å². The standard InChI is InChI=1S/C22H16FN3OS/c1-12(13-5-3-2-4-6-13)28-22-25-19-15-8-7-14(23)11-17(15)18-16(20(19)26-22)9-10-24-21(18)27/h2-12H,1H3,(H,24,27)(H,25,26). The molecule has 2 aromatic heterocycles. The van der Waals surface area contributed by atoms with Gasteiger partial charge in [0, 0.05) is 27.6 Å². The Balaban J connectivity index is 1.75. The molecule has 0 bridgehead atoms. The number of hydrogen-bond donors (Lipinski definition) is 2. The van der Waals surface area contributed by atoms with Gasteiger partial charge in [0.15, 0.2) is 5.16 Å². The van der Waals surface area contributed by atoms with Crippen LogP contribution in [0.15, 0.2) is 70.7 Å². The van der Waals surface area contributed by atoms with Crippen molar-refractivity contribution in [2.75, 3.05) is 0 Å². The smallest absolute Gasteiger partial charge is 0.256 e. The molecule has 4 nitrogen and oxygen atoms in total. The van der Waals surface area contributed by atoms with Gasteiger partial charge in [0.25, 0.3) is 5.56 Å². The number of nitrogens with zero attached hydrogens (tertiary/aromatic N) is 1. The average molecular weight is 389 g/mol. The third-order valence-corrected chi connectivity index (χ3v) is 6.02. The first-order valence-corrected chi connectivity index (χ1v) is 9.84. The maximum absolute atomic E-state index is 13.9. The molecule has 5 aromatic rings. The normalized spacial score (nSPS) is 12.8. The summed E-state index contributed by atoms with van der Waals surface area (Å²) in [6, 6.07) is 16.5. The van der Waals surface area contributed by atoms with Crippen LogP contribution in [0.3, 0.4) is 0 Å². The number of H-pyrrole nitrogens is 2. The Hall–Kier alpha value is -3.12. The van der Waals surface area contributed by atoms with Gasteiger partial charge in [-0.05, 0) is 36.8 Å². The Morgan fingerprint density at radius 2 is 1.86 bits per heavy atom. The summed E-state index contributed by atoms with van der Waals surface area (Å²) in [5, 5.41) is 3.52. The molecule has 5 rings (SSSR count). The van der Waals surface area contributed by atoms with E-state index in [4.69, 9.17) is 4.98 Å². The molecule has 1 atom stereocenters. The molecule has 0 radical (unpaired) electrons. The van der Waals surface area contributed by atoms with Gasteiger partial charge in [0.2, 0.25) is 0 Å². The number of fused-ring (bicyclic) bond motifs is 6. The topological polar surface area (TPSA) is 61.5 Å². The summed E-state index contributed by atoms with van der Waals surface area (Å²) in [5.74, 6) is -0.376. The van der Waals surface area contributed by atoms with Gasteiger partial charge < -0.3 is 9.97 Å². The summed E-state index contributed by atoms with van der Waals surface area (Å²) in [4.78, 5) is 23.4. The van der Waals surface area contributed by atoms with Crippen LogP contribution < -0.4 is 5.56 Å². The Morgan fingerprint density at radius 3 is 2.68 bits per heavy atom. The van der Waals surface area contributed by atoms with Crippen LogP contribution in [-0.2, 0) is 0 Å². The predicted molar refractivity (Wildman–Crippen MR) is 112 cm³/mol. The predicted octanol–water partition coefficient (Wildman–Crippen LogP) is 5.55. The van der Waals surface area contributed by atoms with Crippen LogP contribution in [0.4, 0.5) is 4.39 Å². The molecule has 2 heterocycles. The third kappa shape index (κ3) is 2.68. The van der Waals surface area contributed by atoms with Crippen molar-refractivity contribution in [3.8, 4) is 0 Å². The molecule has 2 N–H and O–H groups in total. The zero-order valence-corrected chi connectivity index (χ0v) is 15.8. The van der Waals surface area contributed by atoms with Gasteiger partial charge in [-0.25, -0.2) is 9.37 Å². The Bertz CT molecular complexity index is 1390. The SMILES string of the molecule is CC(Sc1nc2c3ccc(F)cc3c3c(=O)[nH]ccc3c2[nH]1)c1ccccc1. The molecule has 138 valence electrons. The Kier molecular flexibility index (Phi) is 3.94. The molecule has 0 aliphatic heterocycles. The molecule has 0 saturated heterocycles. The molecule has 6 heteroatoms. The number of hydrogen-bond acceptors (Lipinski definition) is 3. The monoisotopic (exact) mass is 389 g/mol. The van der Waals surface area contributed by atoms with E-state index in [0.717, 1.165) is 27.0 Å². The summed E-state index contributed by atoms with van der Waals surface area (Å²) >= 11 is 1.62. The first-order valence-electron chi connectivity index (χ1n) is 8.96. The Labute approximate surface area is 163 Å². The molecule has 0 fully saturated rings. The van der Waals surface area contributed by atoms with E-state index >= 15 is 0 Å². The molecule has 3 aromatic carbocycles. The van der Waals surface area contributed by atoms with Gasteiger partial charge >= 0.3 is 0 Å². The zero-order chi connectivity index (χ0) is 19.3. The van der Waals surface area contributed by atoms with Crippen LogP contribution >= 0.6 is 11.8 Å². The second-order valence-electron chi connectivity index (χ2n) is 6.72. The largest absolute Gasteiger partial charge is 0.332 e. The third-order valence-electron chi connectivity index (χ3n) is 4.98. The highest BCUT2D eigenvalue weighted by Gasteiger charge is 2.17. The summed E-state index contributed by atoms with van der Waals surface area (Å²) in [5.41, 5.74) is 2.51. The van der Waals surface area contributed by atoms with E-state index in [1.54, 1.807) is 24.0 Å². The van der Waals surface area contributed by atoms with Crippen molar-refractivity contribution in [3.05, 3.63) is 82.5 Å². The lowest BCUT2D eigenvalue weighted by Gasteiger charge is -2.08. The van der Waals surface area contributed by atoms with Crippen LogP contribution in [0.1, 0.15) is 17.7 Å². The summed E-state index contributed by atoms with van der Waals surface area (Å²) in [7, 11) is 0. The van der Waals surface area contributed by atoms with E-state index in [0.29, 0.717) is 10.8 Å². The quantitative estimate of drug-likeness (QED) is 0.314. The second-order valence-corrected chi connectivity index (χ2v) is 8.05. The van der Waals surface area contributed by atoms with Gasteiger partial charge in [-0.1, -0.05) is 42.1 Å². The zero-order valence-electron chi connectivity index (χ0n) is 15.0. The number of rotatable bonds is 3. The molecule has 0 aliphatic carbocycles. The lowest BCUT2D eigenvalue weighted by molar-refractivity contribution is 0.630. The number of nitrogens with one attached hydrogen (secondary N) is 2. The summed E-state index contributed by atoms with van der Waals surface area (Å²) in [6.07, 6.45) is 1.61. The van der Waals surface area contributed by atoms with Crippen molar-refractivity contribution in [1.29, 1.82) is 0 Å². The second kappa shape index (κ2) is 6.49. The highest BCUT2D eigenvalue weighted by atomic mass is 32.2. The van der Waals surface area contributed by atoms with Gasteiger partial charge in [0.05, 0.1) is 16.4 Å². The van der Waals surface area contributed by atoms with Crippen molar-refractivity contribution >= 4 is 44.3 Å². The number of thioether (sulfide) groups is 1. The van der Waals surface area contributed by atoms with Crippen molar-refractivity contribution in [2.45, 2.75) is 17.3 Å². The van der Waals surface area contributed by atoms with Crippen LogP contribution in [0.25, 0.3) is 32.6 Å². The fraction of sp³-hybridized carbons (Fsp3) is 0.0909. The van der Waals surface area contributed by atoms with Gasteiger partial charge in [0.1, 0.15) is 5.82 Å². The average Bonchev–Trinajstić information content (AvgIpc) is 3.12. The number of benzene rings is 3. The maximum atomic E-state index is 13.9. The highest BCUT2D eigenvalue weighted by molar-refractivity contribution is 7.99. The summed E-state index contributed by atoms with van der Waals surface area (Å²) in [6.45, 7) is 2.13. The lowest BCUT2D eigenvalue weighted by Crippen LogP contribution is -2.05. The molecular formula is C22H16FN3OS. The van der Waals surface area contributed by atoms with E-state index in [9.17, 15) is 9.18 Å². The molecule has 0 saturated carbocycles. The number of aromatic nitrogens is 3. The van der Waals surface area contributed by atoms with E-state index < -0.39 is 0 Å². The minimum absolute atomic E-state index is 0.208. The maximum Gasteiger partial charge on any atom is 0.256 e. The van der Waals surface area contributed by atoms with E-state index in [1.165, 1.54) is 17.7 Å². The number of imidazole rings is 1. The Morgan fingerprint density at radius 1 is 1.04 bits per heavy atom. The van der Waals surface area contributed by atoms with Crippen LogP contribution in [0.2, 0.25) is 0 Å². The number of aromatic amines is 2. The molecule has 0 spiro atoms. The minimum Gasteiger partial charge on any atom is -0.332 e. The van der Waals surface area contributed by atoms with Gasteiger partial charge in [-0.2, -0.15) is 0 Å². The highest BCUT2D eigenvalue weighted by Crippen LogP contribution is 2.37. The van der Waals surface area contributed by atoms with Crippen molar-refractivity contribution in [2.24, 2.45) is 0 Å². The van der Waals surface area contributed by atoms with Crippen LogP contribution in [0, 0.1) is 5.82 Å². The van der Waals surface area contributed by atoms with Crippen molar-refractivity contribution < 1.29 is 4.39 Å². The molecule has 0 amide bonds. The first kappa shape index (κ1) is 17.0. The molecule has 28 heavy (non-hydrogen) atoms. The van der Waals surface area contributed by atoms with Gasteiger partial charge in [-0.3, -0.25) is 4.79 Å². The summed E-state index contributed by atoms with van der Waals surface area (Å²) < 4.78 is 13.9. The van der Waals surface area contributed by atoms with Gasteiger partial charge in [-0.15, -0.1) is 0 Å². The fourth-order valence-electron chi connectivity index (χ4n) is 3.64. The molecule has 1 unspecified atom stereocenters. The van der Waals surface area contributed by atoms with E-state index in [1.807, 2.05) is 24.3 Å². The van der Waals surface area contributed by atoms with Crippen LogP contribution in [0.5, 0.6) is 0 Å². The molecular weight excluding hydrogens is 373 g/mol. The number of halogens is 1. The number of pyridine rings is 1. The van der Waals surface area contributed by atoms with Crippen molar-refractivity contribution in [3.63, 3.8) is 0 Å².